The molecule has 0 aromatic heterocycles. The van der Waals surface area contributed by atoms with Gasteiger partial charge in [0.15, 0.2) is 44.0 Å². The molecule has 0 bridgehead atoms. The lowest BCUT2D eigenvalue weighted by Gasteiger charge is -2.52. The zero-order valence-corrected chi connectivity index (χ0v) is 87.5. The van der Waals surface area contributed by atoms with Gasteiger partial charge < -0.3 is 220 Å². The Balaban J connectivity index is 0.933. The van der Waals surface area contributed by atoms with Crippen molar-refractivity contribution in [3.8, 4) is 0 Å². The lowest BCUT2D eigenvalue weighted by molar-refractivity contribution is -0.400. The van der Waals surface area contributed by atoms with Crippen LogP contribution in [-0.2, 0) is 99.8 Å². The summed E-state index contributed by atoms with van der Waals surface area (Å²) in [5.41, 5.74) is 0. The first-order valence-corrected chi connectivity index (χ1v) is 54.5. The molecule has 0 aromatic carbocycles. The fourth-order valence-electron chi connectivity index (χ4n) is 20.5. The molecule has 874 valence electrons. The summed E-state index contributed by atoms with van der Waals surface area (Å²) < 4.78 is 96.6. The minimum atomic E-state index is -3.33. The van der Waals surface area contributed by atoms with Crippen molar-refractivity contribution in [1.82, 2.24) is 21.3 Å². The average molecular weight is 2170 g/mol. The SMILES string of the molecule is CCCCCCCCCCCCC/C=C/[C@@H](O)[C@H](CO[C@@H]1OC(CO)[C@@H](O[C@@H]2OC(CO)[C@H](O)[C@H](O[C@@H]3OC(CO)[C@@H](O[C@@H]4OC(CO)[C@H](O)[C@H](O[C@@H]5OC(CO)[C@@H](O[C@@H]6OC(CO)[C@H](O)[C@H](O[C@]7(C(=O)O)CC(O)[C@@H](NC(C)=O)C([C@H](O)[C@H](O)CO)O7)C6O)[C@H](O[C@H]6OC(C)[C@@H](O)C(O)[C@@H]6O)C5NC(C)=O)C4O)[C@H](O)C3NC(C)=O)C2O)[C@H](O)C1O)NC(=O)CCCCCCCCCCCCCCCCCCCCCCCCC. The molecule has 8 aliphatic heterocycles. The van der Waals surface area contributed by atoms with E-state index in [1.54, 1.807) is 6.08 Å². The van der Waals surface area contributed by atoms with E-state index in [4.69, 9.17) is 75.8 Å². The topological polar surface area (TPSA) is 767 Å². The number of unbranched alkanes of at least 4 members (excludes halogenated alkanes) is 33. The van der Waals surface area contributed by atoms with Crippen LogP contribution in [0.1, 0.15) is 279 Å². The first-order chi connectivity index (χ1) is 71.8. The number of carboxylic acids is 1. The fourth-order valence-corrected chi connectivity index (χ4v) is 20.5. The van der Waals surface area contributed by atoms with Crippen molar-refractivity contribution < 1.29 is 222 Å². The van der Waals surface area contributed by atoms with Gasteiger partial charge in [-0.25, -0.2) is 4.79 Å². The molecule has 28 N–H and O–H groups in total. The minimum absolute atomic E-state index is 0.142. The molecule has 8 fully saturated rings. The molecule has 8 aliphatic rings. The Hall–Kier alpha value is -4.47. The highest BCUT2D eigenvalue weighted by Crippen LogP contribution is 2.43. The Morgan fingerprint density at radius 2 is 0.707 bits per heavy atom. The zero-order valence-electron chi connectivity index (χ0n) is 87.5. The normalized spacial score (nSPS) is 37.4. The molecule has 0 spiro atoms. The van der Waals surface area contributed by atoms with Crippen LogP contribution in [0.4, 0.5) is 0 Å². The summed E-state index contributed by atoms with van der Waals surface area (Å²) in [5.74, 6) is -8.71. The molecule has 8 heterocycles. The molecule has 43 atom stereocenters. The van der Waals surface area contributed by atoms with Crippen LogP contribution in [0.15, 0.2) is 12.2 Å². The van der Waals surface area contributed by atoms with Gasteiger partial charge in [-0.2, -0.15) is 0 Å². The van der Waals surface area contributed by atoms with Crippen molar-refractivity contribution in [2.24, 2.45) is 0 Å². The number of allylic oxidation sites excluding steroid dienone is 1. The third-order valence-corrected chi connectivity index (χ3v) is 29.3. The summed E-state index contributed by atoms with van der Waals surface area (Å²) in [6, 6.07) is -6.92. The average Bonchev–Trinajstić information content (AvgIpc) is 0.748. The highest BCUT2D eigenvalue weighted by Gasteiger charge is 2.64. The maximum absolute atomic E-state index is 13.7. The third-order valence-electron chi connectivity index (χ3n) is 29.3. The zero-order chi connectivity index (χ0) is 110. The lowest BCUT2D eigenvalue weighted by atomic mass is 9.88. The predicted molar refractivity (Wildman–Crippen MR) is 523 cm³/mol. The molecule has 0 aliphatic carbocycles. The standard InChI is InChI=1S/C101H180N4O45/c1-7-9-11-13-15-17-19-21-22-23-24-25-26-27-28-29-30-32-34-36-38-40-42-44-68(119)105-58(59(116)43-41-39-37-35-33-31-20-18-16-14-12-10-8-2)53-135-95-81(129)79(127)86(66(51-111)142-95)144-98-82(130)90(74(122)62(47-107)138-98)147-93-70(103-56(5)114)77(125)85(65(50-110)140-93)143-97-83(131)91(75(123)63(48-108)137-97)148-94-71(104-57(6)115)89(146-96-80(128)78(126)72(120)54(3)136-96)87(67(52-112)141-94)145-99-84(132)92(76(124)64(49-109)139-99)150-101(100(133)134)45-60(117)69(102-55(4)113)88(149-101)73(121)61(118)46-106/h41,43,54,58-67,69-99,106-112,116-118,120-132H,7-40,42,44-53H2,1-6H3,(H,102,113)(H,103,114)(H,104,115)(H,105,119)(H,133,134)/b43-41+/t54?,58-,59+,60?,61+,62?,63?,64?,65?,66?,67?,69+,70?,71?,72+,73+,74-,75-,76-,77+,78?,79+,80-,81?,82?,83?,84?,85+,86+,87+,88?,89+,90-,91-,92-,93-,94-,95+,96+,97-,98-,99-,101-/m0/s1. The number of rotatable bonds is 69. The van der Waals surface area contributed by atoms with Crippen LogP contribution >= 0.6 is 0 Å². The first kappa shape index (κ1) is 131. The van der Waals surface area contributed by atoms with E-state index >= 15 is 0 Å². The number of aliphatic hydroxyl groups excluding tert-OH is 23. The summed E-state index contributed by atoms with van der Waals surface area (Å²) >= 11 is 0. The molecule has 0 radical (unpaired) electrons. The number of carbonyl (C=O) groups excluding carboxylic acids is 4. The van der Waals surface area contributed by atoms with Gasteiger partial charge in [-0.1, -0.05) is 231 Å². The summed E-state index contributed by atoms with van der Waals surface area (Å²) in [6.07, 6.45) is -36.3. The molecular weight excluding hydrogens is 1990 g/mol. The van der Waals surface area contributed by atoms with Crippen LogP contribution in [0, 0.1) is 0 Å². The van der Waals surface area contributed by atoms with Crippen molar-refractivity contribution in [1.29, 1.82) is 0 Å². The number of carbonyl (C=O) groups is 5. The second-order valence-electron chi connectivity index (χ2n) is 41.2. The number of nitrogens with one attached hydrogen (secondary N) is 4. The van der Waals surface area contributed by atoms with Gasteiger partial charge in [0.05, 0.1) is 83.3 Å². The molecule has 49 heteroatoms. The van der Waals surface area contributed by atoms with E-state index in [0.717, 1.165) is 78.6 Å². The van der Waals surface area contributed by atoms with Gasteiger partial charge >= 0.3 is 5.97 Å². The quantitative estimate of drug-likeness (QED) is 0.0210. The Bertz CT molecular complexity index is 3780. The number of hydrogen-bond donors (Lipinski definition) is 28. The Kier molecular flexibility index (Phi) is 59.1. The van der Waals surface area contributed by atoms with Crippen LogP contribution < -0.4 is 21.3 Å². The third kappa shape index (κ3) is 38.4. The second kappa shape index (κ2) is 67.8. The Morgan fingerprint density at radius 1 is 0.360 bits per heavy atom. The highest BCUT2D eigenvalue weighted by atomic mass is 16.8. The van der Waals surface area contributed by atoms with Gasteiger partial charge in [0.2, 0.25) is 23.6 Å². The largest absolute Gasteiger partial charge is 0.477 e. The van der Waals surface area contributed by atoms with Crippen molar-refractivity contribution >= 4 is 29.6 Å². The maximum atomic E-state index is 13.7. The van der Waals surface area contributed by atoms with Crippen molar-refractivity contribution in [3.05, 3.63) is 12.2 Å². The van der Waals surface area contributed by atoms with Crippen LogP contribution in [0.5, 0.6) is 0 Å². The molecule has 8 saturated heterocycles. The number of ether oxygens (including phenoxy) is 16. The van der Waals surface area contributed by atoms with Crippen molar-refractivity contribution in [2.45, 2.75) is 542 Å². The molecular formula is C101H180N4O45. The Labute approximate surface area is 876 Å². The lowest BCUT2D eigenvalue weighted by Crippen LogP contribution is -2.72. The molecule has 4 amide bonds. The van der Waals surface area contributed by atoms with Crippen LogP contribution in [0.3, 0.4) is 0 Å². The molecule has 0 saturated carbocycles. The number of amides is 4. The summed E-state index contributed by atoms with van der Waals surface area (Å²) in [4.78, 5) is 66.4. The van der Waals surface area contributed by atoms with Gasteiger partial charge in [-0.05, 0) is 26.2 Å². The molecule has 8 rings (SSSR count). The number of aliphatic hydroxyl groups is 23. The molecule has 0 aromatic rings. The minimum Gasteiger partial charge on any atom is -0.477 e. The first-order valence-electron chi connectivity index (χ1n) is 54.5. The smallest absolute Gasteiger partial charge is 0.364 e. The van der Waals surface area contributed by atoms with E-state index in [2.05, 4.69) is 35.1 Å². The summed E-state index contributed by atoms with van der Waals surface area (Å²) in [7, 11) is 0. The number of carboxylic acid groups (broad SMARTS) is 1. The van der Waals surface area contributed by atoms with Gasteiger partial charge in [-0.15, -0.1) is 0 Å². The van der Waals surface area contributed by atoms with Crippen LogP contribution in [-0.4, -0.2) is 468 Å². The van der Waals surface area contributed by atoms with E-state index in [-0.39, 0.29) is 12.3 Å². The fraction of sp³-hybridized carbons (Fsp3) is 0.931. The molecule has 16 unspecified atom stereocenters. The van der Waals surface area contributed by atoms with E-state index in [1.807, 2.05) is 6.08 Å². The number of aliphatic carboxylic acids is 1. The number of hydrogen-bond acceptors (Lipinski definition) is 44. The predicted octanol–water partition coefficient (Wildman–Crippen LogP) is -3.28. The van der Waals surface area contributed by atoms with Gasteiger partial charge in [0.25, 0.3) is 5.79 Å². The van der Waals surface area contributed by atoms with E-state index < -0.39 is 346 Å². The summed E-state index contributed by atoms with van der Waals surface area (Å²) in [6.45, 7) is -0.172. The molecule has 49 nitrogen and oxygen atoms in total. The van der Waals surface area contributed by atoms with Crippen molar-refractivity contribution in [2.75, 3.05) is 52.9 Å². The second-order valence-corrected chi connectivity index (χ2v) is 41.2. The van der Waals surface area contributed by atoms with E-state index in [1.165, 1.54) is 161 Å². The van der Waals surface area contributed by atoms with Crippen LogP contribution in [0.25, 0.3) is 0 Å². The van der Waals surface area contributed by atoms with Crippen molar-refractivity contribution in [3.63, 3.8) is 0 Å². The highest BCUT2D eigenvalue weighted by molar-refractivity contribution is 5.77. The van der Waals surface area contributed by atoms with Gasteiger partial charge in [0.1, 0.15) is 183 Å². The monoisotopic (exact) mass is 2170 g/mol. The molecule has 150 heavy (non-hydrogen) atoms. The van der Waals surface area contributed by atoms with Gasteiger partial charge in [0, 0.05) is 33.6 Å². The Morgan fingerprint density at radius 3 is 1.13 bits per heavy atom. The summed E-state index contributed by atoms with van der Waals surface area (Å²) in [5, 5.41) is 283. The van der Waals surface area contributed by atoms with E-state index in [0.29, 0.717) is 12.8 Å². The maximum Gasteiger partial charge on any atom is 0.364 e. The van der Waals surface area contributed by atoms with Gasteiger partial charge in [-0.3, -0.25) is 19.2 Å². The van der Waals surface area contributed by atoms with E-state index in [9.17, 15) is 147 Å². The van der Waals surface area contributed by atoms with Crippen LogP contribution in [0.2, 0.25) is 0 Å².